The van der Waals surface area contributed by atoms with Gasteiger partial charge < -0.3 is 14.8 Å². The Kier molecular flexibility index (Phi) is 6.03. The topological polar surface area (TPSA) is 30.5 Å². The number of halogens is 1. The number of hydrogen-bond donors (Lipinski definition) is 1. The first-order chi connectivity index (χ1) is 14.2. The van der Waals surface area contributed by atoms with E-state index in [1.165, 1.54) is 40.7 Å². The molecule has 0 heterocycles. The number of benzene rings is 3. The zero-order valence-corrected chi connectivity index (χ0v) is 18.2. The molecule has 0 aromatic heterocycles. The minimum Gasteiger partial charge on any atom is -0.497 e. The van der Waals surface area contributed by atoms with Crippen LogP contribution in [0.3, 0.4) is 0 Å². The fourth-order valence-corrected chi connectivity index (χ4v) is 4.61. The van der Waals surface area contributed by atoms with E-state index in [0.29, 0.717) is 18.0 Å². The molecular weight excluding hydrogens is 394 g/mol. The van der Waals surface area contributed by atoms with Gasteiger partial charge in [0.25, 0.3) is 0 Å². The minimum atomic E-state index is 0. The van der Waals surface area contributed by atoms with Crippen molar-refractivity contribution in [3.63, 3.8) is 0 Å². The van der Waals surface area contributed by atoms with Gasteiger partial charge in [-0.1, -0.05) is 42.5 Å². The highest BCUT2D eigenvalue weighted by atomic mass is 35.5. The third kappa shape index (κ3) is 4.05. The Morgan fingerprint density at radius 3 is 2.37 bits per heavy atom. The summed E-state index contributed by atoms with van der Waals surface area (Å²) in [6.45, 7) is 0. The second-order valence-electron chi connectivity index (χ2n) is 8.13. The molecule has 2 aliphatic rings. The lowest BCUT2D eigenvalue weighted by atomic mass is 10.0. The fourth-order valence-electron chi connectivity index (χ4n) is 4.61. The van der Waals surface area contributed by atoms with Crippen molar-refractivity contribution in [3.8, 4) is 22.6 Å². The molecule has 3 nitrogen and oxygen atoms in total. The monoisotopic (exact) mass is 421 g/mol. The molecule has 0 saturated heterocycles. The zero-order valence-electron chi connectivity index (χ0n) is 17.4. The Labute approximate surface area is 184 Å². The van der Waals surface area contributed by atoms with Crippen LogP contribution in [0.15, 0.2) is 66.7 Å². The van der Waals surface area contributed by atoms with Gasteiger partial charge in [-0.05, 0) is 71.3 Å². The Balaban J connectivity index is 0.00000218. The van der Waals surface area contributed by atoms with E-state index >= 15 is 0 Å². The maximum atomic E-state index is 5.43. The number of hydrogen-bond acceptors (Lipinski definition) is 3. The van der Waals surface area contributed by atoms with Crippen LogP contribution in [0.1, 0.15) is 41.5 Å². The van der Waals surface area contributed by atoms with E-state index in [1.54, 1.807) is 14.2 Å². The Hall–Kier alpha value is -2.49. The van der Waals surface area contributed by atoms with Crippen LogP contribution < -0.4 is 14.8 Å². The van der Waals surface area contributed by atoms with Crippen molar-refractivity contribution in [2.75, 3.05) is 14.2 Å². The molecule has 3 atom stereocenters. The first kappa shape index (κ1) is 20.8. The van der Waals surface area contributed by atoms with Crippen LogP contribution in [0.5, 0.6) is 11.5 Å². The van der Waals surface area contributed by atoms with Gasteiger partial charge in [0, 0.05) is 18.0 Å². The SMILES string of the molecule is COc1cccc(-c2ccc(C3C[C@@H]3NC3CCc4ccc(OC)cc43)cc2)c1.Cl. The van der Waals surface area contributed by atoms with Crippen molar-refractivity contribution in [1.29, 1.82) is 0 Å². The highest BCUT2D eigenvalue weighted by Gasteiger charge is 2.40. The smallest absolute Gasteiger partial charge is 0.119 e. The summed E-state index contributed by atoms with van der Waals surface area (Å²) in [5, 5.41) is 3.90. The molecule has 1 N–H and O–H groups in total. The van der Waals surface area contributed by atoms with Gasteiger partial charge in [0.2, 0.25) is 0 Å². The van der Waals surface area contributed by atoms with E-state index in [2.05, 4.69) is 59.9 Å². The van der Waals surface area contributed by atoms with E-state index in [1.807, 2.05) is 12.1 Å². The second-order valence-corrected chi connectivity index (χ2v) is 8.13. The number of fused-ring (bicyclic) bond motifs is 1. The van der Waals surface area contributed by atoms with Crippen LogP contribution in [0, 0.1) is 0 Å². The van der Waals surface area contributed by atoms with Crippen molar-refractivity contribution in [2.24, 2.45) is 0 Å². The summed E-state index contributed by atoms with van der Waals surface area (Å²) in [6, 6.07) is 24.8. The summed E-state index contributed by atoms with van der Waals surface area (Å²) in [7, 11) is 3.45. The average molecular weight is 422 g/mol. The minimum absolute atomic E-state index is 0. The number of ether oxygens (including phenoxy) is 2. The molecule has 4 heteroatoms. The molecule has 30 heavy (non-hydrogen) atoms. The third-order valence-electron chi connectivity index (χ3n) is 6.38. The van der Waals surface area contributed by atoms with Crippen LogP contribution in [-0.2, 0) is 6.42 Å². The molecule has 0 amide bonds. The molecule has 2 aliphatic carbocycles. The summed E-state index contributed by atoms with van der Waals surface area (Å²) >= 11 is 0. The van der Waals surface area contributed by atoms with Crippen LogP contribution in [-0.4, -0.2) is 20.3 Å². The third-order valence-corrected chi connectivity index (χ3v) is 6.38. The van der Waals surface area contributed by atoms with Crippen LogP contribution in [0.25, 0.3) is 11.1 Å². The van der Waals surface area contributed by atoms with E-state index in [-0.39, 0.29) is 12.4 Å². The Bertz CT molecular complexity index is 1020. The largest absolute Gasteiger partial charge is 0.497 e. The summed E-state index contributed by atoms with van der Waals surface area (Å²) in [4.78, 5) is 0. The van der Waals surface area contributed by atoms with Crippen LogP contribution in [0.4, 0.5) is 0 Å². The molecule has 1 saturated carbocycles. The molecule has 3 aromatic rings. The Morgan fingerprint density at radius 2 is 1.60 bits per heavy atom. The fraction of sp³-hybridized carbons (Fsp3) is 0.308. The van der Waals surface area contributed by atoms with Gasteiger partial charge in [-0.25, -0.2) is 0 Å². The van der Waals surface area contributed by atoms with E-state index < -0.39 is 0 Å². The molecule has 3 aromatic carbocycles. The van der Waals surface area contributed by atoms with Gasteiger partial charge in [0.15, 0.2) is 0 Å². The average Bonchev–Trinajstić information content (AvgIpc) is 3.44. The number of methoxy groups -OCH3 is 2. The molecule has 0 spiro atoms. The molecular formula is C26H28ClNO2. The van der Waals surface area contributed by atoms with E-state index in [9.17, 15) is 0 Å². The number of rotatable bonds is 6. The first-order valence-electron chi connectivity index (χ1n) is 10.4. The lowest BCUT2D eigenvalue weighted by Gasteiger charge is -2.15. The van der Waals surface area contributed by atoms with Gasteiger partial charge in [-0.15, -0.1) is 12.4 Å². The van der Waals surface area contributed by atoms with Crippen molar-refractivity contribution in [1.82, 2.24) is 5.32 Å². The van der Waals surface area contributed by atoms with Gasteiger partial charge in [0.1, 0.15) is 11.5 Å². The van der Waals surface area contributed by atoms with Crippen molar-refractivity contribution >= 4 is 12.4 Å². The normalized spacial score (nSPS) is 21.5. The Morgan fingerprint density at radius 1 is 0.833 bits per heavy atom. The second kappa shape index (κ2) is 8.71. The highest BCUT2D eigenvalue weighted by molar-refractivity contribution is 5.85. The van der Waals surface area contributed by atoms with Crippen LogP contribution >= 0.6 is 12.4 Å². The predicted molar refractivity (Wildman–Crippen MR) is 124 cm³/mol. The molecule has 5 rings (SSSR count). The maximum absolute atomic E-state index is 5.43. The number of nitrogens with one attached hydrogen (secondary N) is 1. The molecule has 0 bridgehead atoms. The standard InChI is InChI=1S/C26H27NO2.ClH/c1-28-21-5-3-4-20(14-21)17-6-8-18(9-7-17)24-16-26(24)27-25-13-11-19-10-12-22(29-2)15-23(19)25;/h3-10,12,14-15,24-27H,11,13,16H2,1-2H3;1H/t24?,25?,26-;/m0./s1. The molecule has 2 unspecified atom stereocenters. The van der Waals surface area contributed by atoms with Gasteiger partial charge in [-0.3, -0.25) is 0 Å². The van der Waals surface area contributed by atoms with Gasteiger partial charge in [-0.2, -0.15) is 0 Å². The predicted octanol–water partition coefficient (Wildman–Crippen LogP) is 5.93. The lowest BCUT2D eigenvalue weighted by Crippen LogP contribution is -2.22. The number of aryl methyl sites for hydroxylation is 1. The summed E-state index contributed by atoms with van der Waals surface area (Å²) in [6.07, 6.45) is 3.55. The van der Waals surface area contributed by atoms with Crippen LogP contribution in [0.2, 0.25) is 0 Å². The lowest BCUT2D eigenvalue weighted by molar-refractivity contribution is 0.413. The van der Waals surface area contributed by atoms with E-state index in [4.69, 9.17) is 9.47 Å². The first-order valence-corrected chi connectivity index (χ1v) is 10.4. The zero-order chi connectivity index (χ0) is 19.8. The van der Waals surface area contributed by atoms with Crippen molar-refractivity contribution in [2.45, 2.75) is 37.3 Å². The molecule has 1 fully saturated rings. The quantitative estimate of drug-likeness (QED) is 0.535. The molecule has 0 aliphatic heterocycles. The highest BCUT2D eigenvalue weighted by Crippen LogP contribution is 2.44. The van der Waals surface area contributed by atoms with Crippen molar-refractivity contribution < 1.29 is 9.47 Å². The summed E-state index contributed by atoms with van der Waals surface area (Å²) in [5.74, 6) is 2.47. The summed E-state index contributed by atoms with van der Waals surface area (Å²) in [5.41, 5.74) is 6.73. The maximum Gasteiger partial charge on any atom is 0.119 e. The molecule has 0 radical (unpaired) electrons. The van der Waals surface area contributed by atoms with Gasteiger partial charge in [0.05, 0.1) is 14.2 Å². The summed E-state index contributed by atoms with van der Waals surface area (Å²) < 4.78 is 10.8. The van der Waals surface area contributed by atoms with Crippen molar-refractivity contribution in [3.05, 3.63) is 83.4 Å². The molecule has 156 valence electrons. The van der Waals surface area contributed by atoms with E-state index in [0.717, 1.165) is 17.9 Å². The van der Waals surface area contributed by atoms with Gasteiger partial charge >= 0.3 is 0 Å².